The van der Waals surface area contributed by atoms with Gasteiger partial charge in [0.2, 0.25) is 5.91 Å². The Bertz CT molecular complexity index is 1090. The SMILES string of the molecule is Cc1cn2c(CN(C)C(=O)C3CCCN(C(=O)c4ccc(F)cc4)C3)c(C)nc2s1. The van der Waals surface area contributed by atoms with E-state index in [0.717, 1.165) is 29.2 Å². The van der Waals surface area contributed by atoms with Crippen LogP contribution in [0.4, 0.5) is 4.39 Å². The zero-order chi connectivity index (χ0) is 21.4. The first-order chi connectivity index (χ1) is 14.3. The third-order valence-electron chi connectivity index (χ3n) is 5.65. The molecule has 158 valence electrons. The lowest BCUT2D eigenvalue weighted by Gasteiger charge is -2.34. The molecule has 0 bridgehead atoms. The molecule has 0 aliphatic carbocycles. The monoisotopic (exact) mass is 428 g/mol. The van der Waals surface area contributed by atoms with E-state index in [1.165, 1.54) is 29.1 Å². The highest BCUT2D eigenvalue weighted by Gasteiger charge is 2.31. The summed E-state index contributed by atoms with van der Waals surface area (Å²) in [6.45, 7) is 5.48. The maximum Gasteiger partial charge on any atom is 0.253 e. The van der Waals surface area contributed by atoms with Crippen LogP contribution in [0.5, 0.6) is 0 Å². The van der Waals surface area contributed by atoms with Gasteiger partial charge in [0.15, 0.2) is 4.96 Å². The van der Waals surface area contributed by atoms with Gasteiger partial charge in [-0.1, -0.05) is 0 Å². The number of aryl methyl sites for hydroxylation is 2. The van der Waals surface area contributed by atoms with Crippen molar-refractivity contribution in [3.8, 4) is 0 Å². The number of amides is 2. The highest BCUT2D eigenvalue weighted by molar-refractivity contribution is 7.17. The fourth-order valence-corrected chi connectivity index (χ4v) is 4.94. The first-order valence-electron chi connectivity index (χ1n) is 10.1. The van der Waals surface area contributed by atoms with E-state index >= 15 is 0 Å². The fourth-order valence-electron chi connectivity index (χ4n) is 4.05. The first-order valence-corrected chi connectivity index (χ1v) is 10.9. The molecule has 0 spiro atoms. The molecule has 1 saturated heterocycles. The number of thiazole rings is 1. The standard InChI is InChI=1S/C22H25FN4O2S/c1-14-11-27-19(15(2)24-22(27)30-14)13-25(3)20(28)17-5-4-10-26(12-17)21(29)16-6-8-18(23)9-7-16/h6-9,11,17H,4-5,10,12-13H2,1-3H3. The van der Waals surface area contributed by atoms with E-state index in [2.05, 4.69) is 15.6 Å². The van der Waals surface area contributed by atoms with Crippen LogP contribution in [0.15, 0.2) is 30.5 Å². The minimum absolute atomic E-state index is 0.0351. The first kappa shape index (κ1) is 20.5. The lowest BCUT2D eigenvalue weighted by atomic mass is 9.96. The van der Waals surface area contributed by atoms with Gasteiger partial charge in [0.25, 0.3) is 5.91 Å². The van der Waals surface area contributed by atoms with Crippen molar-refractivity contribution in [1.82, 2.24) is 19.2 Å². The molecule has 8 heteroatoms. The van der Waals surface area contributed by atoms with Gasteiger partial charge in [-0.15, -0.1) is 11.3 Å². The average Bonchev–Trinajstić information content (AvgIpc) is 3.23. The molecule has 2 amide bonds. The van der Waals surface area contributed by atoms with E-state index < -0.39 is 0 Å². The van der Waals surface area contributed by atoms with Crippen molar-refractivity contribution in [2.75, 3.05) is 20.1 Å². The number of imidazole rings is 1. The van der Waals surface area contributed by atoms with E-state index in [0.29, 0.717) is 25.2 Å². The number of aromatic nitrogens is 2. The number of hydrogen-bond acceptors (Lipinski definition) is 4. The van der Waals surface area contributed by atoms with Crippen molar-refractivity contribution in [2.24, 2.45) is 5.92 Å². The number of carbonyl (C=O) groups excluding carboxylic acids is 2. The summed E-state index contributed by atoms with van der Waals surface area (Å²) in [7, 11) is 1.81. The van der Waals surface area contributed by atoms with E-state index in [9.17, 15) is 14.0 Å². The maximum atomic E-state index is 13.2. The summed E-state index contributed by atoms with van der Waals surface area (Å²) < 4.78 is 15.2. The minimum Gasteiger partial charge on any atom is -0.340 e. The molecular formula is C22H25FN4O2S. The Balaban J connectivity index is 1.45. The highest BCUT2D eigenvalue weighted by atomic mass is 32.1. The lowest BCUT2D eigenvalue weighted by molar-refractivity contribution is -0.136. The van der Waals surface area contributed by atoms with Crippen LogP contribution in [0.2, 0.25) is 0 Å². The van der Waals surface area contributed by atoms with Gasteiger partial charge in [0, 0.05) is 36.8 Å². The molecule has 1 fully saturated rings. The van der Waals surface area contributed by atoms with Crippen LogP contribution in [-0.2, 0) is 11.3 Å². The Morgan fingerprint density at radius 2 is 2.00 bits per heavy atom. The zero-order valence-electron chi connectivity index (χ0n) is 17.4. The number of benzene rings is 1. The van der Waals surface area contributed by atoms with Crippen LogP contribution in [0.3, 0.4) is 0 Å². The van der Waals surface area contributed by atoms with Gasteiger partial charge < -0.3 is 9.80 Å². The zero-order valence-corrected chi connectivity index (χ0v) is 18.2. The molecule has 1 aliphatic rings. The summed E-state index contributed by atoms with van der Waals surface area (Å²) in [5, 5.41) is 0. The fraction of sp³-hybridized carbons (Fsp3) is 0.409. The number of carbonyl (C=O) groups is 2. The molecule has 3 aromatic rings. The Labute approximate surface area is 178 Å². The number of halogens is 1. The summed E-state index contributed by atoms with van der Waals surface area (Å²) in [5.41, 5.74) is 2.39. The molecule has 3 heterocycles. The number of fused-ring (bicyclic) bond motifs is 1. The van der Waals surface area contributed by atoms with E-state index in [1.807, 2.05) is 13.8 Å². The van der Waals surface area contributed by atoms with Gasteiger partial charge in [-0.3, -0.25) is 14.0 Å². The van der Waals surface area contributed by atoms with Crippen LogP contribution >= 0.6 is 11.3 Å². The Morgan fingerprint density at radius 1 is 1.27 bits per heavy atom. The average molecular weight is 429 g/mol. The lowest BCUT2D eigenvalue weighted by Crippen LogP contribution is -2.45. The summed E-state index contributed by atoms with van der Waals surface area (Å²) >= 11 is 1.63. The Morgan fingerprint density at radius 3 is 2.73 bits per heavy atom. The van der Waals surface area contributed by atoms with Crippen molar-refractivity contribution >= 4 is 28.1 Å². The van der Waals surface area contributed by atoms with Gasteiger partial charge in [0.05, 0.1) is 23.9 Å². The molecule has 4 rings (SSSR count). The Hall–Kier alpha value is -2.74. The van der Waals surface area contributed by atoms with E-state index in [4.69, 9.17) is 0 Å². The van der Waals surface area contributed by atoms with E-state index in [-0.39, 0.29) is 23.5 Å². The third kappa shape index (κ3) is 3.96. The summed E-state index contributed by atoms with van der Waals surface area (Å²) in [6, 6.07) is 5.56. The molecule has 1 unspecified atom stereocenters. The van der Waals surface area contributed by atoms with Gasteiger partial charge in [0.1, 0.15) is 5.82 Å². The normalized spacial score (nSPS) is 16.8. The largest absolute Gasteiger partial charge is 0.340 e. The van der Waals surface area contributed by atoms with Crippen LogP contribution in [0, 0.1) is 25.6 Å². The van der Waals surface area contributed by atoms with Crippen LogP contribution in [-0.4, -0.2) is 51.1 Å². The molecule has 1 aromatic carbocycles. The molecule has 0 N–H and O–H groups in total. The number of rotatable bonds is 4. The predicted octanol–water partition coefficient (Wildman–Crippen LogP) is 3.66. The number of piperidine rings is 1. The molecule has 30 heavy (non-hydrogen) atoms. The molecule has 1 atom stereocenters. The molecule has 6 nitrogen and oxygen atoms in total. The third-order valence-corrected chi connectivity index (χ3v) is 6.55. The van der Waals surface area contributed by atoms with Crippen molar-refractivity contribution < 1.29 is 14.0 Å². The molecule has 1 aliphatic heterocycles. The van der Waals surface area contributed by atoms with Crippen LogP contribution in [0.1, 0.15) is 39.5 Å². The van der Waals surface area contributed by atoms with Gasteiger partial charge in [-0.25, -0.2) is 9.37 Å². The molecular weight excluding hydrogens is 403 g/mol. The van der Waals surface area contributed by atoms with Gasteiger partial charge >= 0.3 is 0 Å². The van der Waals surface area contributed by atoms with Gasteiger partial charge in [-0.2, -0.15) is 0 Å². The van der Waals surface area contributed by atoms with Crippen molar-refractivity contribution in [3.05, 3.63) is 58.1 Å². The quantitative estimate of drug-likeness (QED) is 0.637. The van der Waals surface area contributed by atoms with Crippen LogP contribution in [0.25, 0.3) is 4.96 Å². The second kappa shape index (κ2) is 8.18. The second-order valence-corrected chi connectivity index (χ2v) is 9.14. The topological polar surface area (TPSA) is 57.9 Å². The van der Waals surface area contributed by atoms with Crippen molar-refractivity contribution in [1.29, 1.82) is 0 Å². The van der Waals surface area contributed by atoms with E-state index in [1.54, 1.807) is 28.2 Å². The summed E-state index contributed by atoms with van der Waals surface area (Å²) in [6.07, 6.45) is 3.59. The molecule has 2 aromatic heterocycles. The smallest absolute Gasteiger partial charge is 0.253 e. The van der Waals surface area contributed by atoms with Crippen LogP contribution < -0.4 is 0 Å². The number of nitrogens with zero attached hydrogens (tertiary/aromatic N) is 4. The summed E-state index contributed by atoms with van der Waals surface area (Å²) in [4.78, 5) is 36.1. The van der Waals surface area contributed by atoms with Gasteiger partial charge in [-0.05, 0) is 51.0 Å². The Kier molecular flexibility index (Phi) is 5.60. The molecule has 0 radical (unpaired) electrons. The summed E-state index contributed by atoms with van der Waals surface area (Å²) in [5.74, 6) is -0.726. The van der Waals surface area contributed by atoms with Crippen molar-refractivity contribution in [3.63, 3.8) is 0 Å². The predicted molar refractivity (Wildman–Crippen MR) is 114 cm³/mol. The number of hydrogen-bond donors (Lipinski definition) is 0. The highest BCUT2D eigenvalue weighted by Crippen LogP contribution is 2.24. The number of likely N-dealkylation sites (tertiary alicyclic amines) is 1. The van der Waals surface area contributed by atoms with Crippen molar-refractivity contribution in [2.45, 2.75) is 33.2 Å². The molecule has 0 saturated carbocycles. The maximum absolute atomic E-state index is 13.2. The minimum atomic E-state index is -0.370. The second-order valence-electron chi connectivity index (χ2n) is 7.93.